The quantitative estimate of drug-likeness (QED) is 0.841. The van der Waals surface area contributed by atoms with Gasteiger partial charge in [-0.25, -0.2) is 9.97 Å². The molecule has 1 aromatic heterocycles. The summed E-state index contributed by atoms with van der Waals surface area (Å²) in [5.41, 5.74) is 1.14. The molecule has 0 atom stereocenters. The third kappa shape index (κ3) is 3.89. The summed E-state index contributed by atoms with van der Waals surface area (Å²) in [5.74, 6) is 0.0380. The van der Waals surface area contributed by atoms with Gasteiger partial charge in [0.05, 0.1) is 6.42 Å². The fourth-order valence-corrected chi connectivity index (χ4v) is 2.12. The van der Waals surface area contributed by atoms with Gasteiger partial charge in [-0.2, -0.15) is 0 Å². The molecule has 1 fully saturated rings. The number of aryl methyl sites for hydroxylation is 1. The average Bonchev–Trinajstić information content (AvgIpc) is 2.46. The van der Waals surface area contributed by atoms with Crippen molar-refractivity contribution in [2.24, 2.45) is 0 Å². The van der Waals surface area contributed by atoms with Gasteiger partial charge < -0.3 is 10.0 Å². The summed E-state index contributed by atoms with van der Waals surface area (Å²) in [5, 5.41) is 8.67. The number of hydrogen-bond acceptors (Lipinski definition) is 5. The van der Waals surface area contributed by atoms with Crippen LogP contribution in [0.2, 0.25) is 0 Å². The van der Waals surface area contributed by atoms with Gasteiger partial charge in [0.2, 0.25) is 5.95 Å². The first-order chi connectivity index (χ1) is 9.19. The second kappa shape index (κ2) is 6.47. The molecular weight excluding hydrogens is 244 g/mol. The fraction of sp³-hybridized carbons (Fsp3) is 0.615. The largest absolute Gasteiger partial charge is 0.481 e. The van der Waals surface area contributed by atoms with Crippen molar-refractivity contribution in [3.05, 3.63) is 18.0 Å². The second-order valence-corrected chi connectivity index (χ2v) is 4.72. The highest BCUT2D eigenvalue weighted by Gasteiger charge is 2.19. The molecule has 0 aliphatic carbocycles. The van der Waals surface area contributed by atoms with E-state index in [1.165, 1.54) is 0 Å². The molecule has 1 saturated heterocycles. The third-order valence-corrected chi connectivity index (χ3v) is 3.40. The summed E-state index contributed by atoms with van der Waals surface area (Å²) in [6.45, 7) is 6.15. The van der Waals surface area contributed by atoms with Crippen molar-refractivity contribution in [3.63, 3.8) is 0 Å². The van der Waals surface area contributed by atoms with Crippen molar-refractivity contribution < 1.29 is 9.90 Å². The molecule has 1 aliphatic heterocycles. The van der Waals surface area contributed by atoms with E-state index in [4.69, 9.17) is 5.11 Å². The van der Waals surface area contributed by atoms with E-state index in [-0.39, 0.29) is 6.42 Å². The highest BCUT2D eigenvalue weighted by atomic mass is 16.4. The molecule has 6 heteroatoms. The Labute approximate surface area is 113 Å². The number of aromatic nitrogens is 2. The summed E-state index contributed by atoms with van der Waals surface area (Å²) in [4.78, 5) is 23.6. The molecule has 0 unspecified atom stereocenters. The Bertz CT molecular complexity index is 413. The van der Waals surface area contributed by atoms with Crippen LogP contribution in [0.3, 0.4) is 0 Å². The van der Waals surface area contributed by atoms with Crippen molar-refractivity contribution in [3.8, 4) is 0 Å². The van der Waals surface area contributed by atoms with Crippen LogP contribution in [0, 0.1) is 0 Å². The van der Waals surface area contributed by atoms with E-state index >= 15 is 0 Å². The van der Waals surface area contributed by atoms with E-state index in [9.17, 15) is 4.79 Å². The molecule has 0 bridgehead atoms. The molecule has 2 heterocycles. The molecular formula is C13H20N4O2. The van der Waals surface area contributed by atoms with Crippen molar-refractivity contribution in [2.45, 2.75) is 19.8 Å². The summed E-state index contributed by atoms with van der Waals surface area (Å²) < 4.78 is 0. The monoisotopic (exact) mass is 264 g/mol. The third-order valence-electron chi connectivity index (χ3n) is 3.40. The van der Waals surface area contributed by atoms with E-state index in [2.05, 4.69) is 26.7 Å². The second-order valence-electron chi connectivity index (χ2n) is 4.72. The van der Waals surface area contributed by atoms with Crippen molar-refractivity contribution in [1.29, 1.82) is 0 Å². The zero-order valence-corrected chi connectivity index (χ0v) is 11.2. The van der Waals surface area contributed by atoms with E-state index in [1.54, 1.807) is 0 Å². The lowest BCUT2D eigenvalue weighted by molar-refractivity contribution is -0.137. The van der Waals surface area contributed by atoms with Gasteiger partial charge in [-0.05, 0) is 12.0 Å². The van der Waals surface area contributed by atoms with Gasteiger partial charge in [0, 0.05) is 45.1 Å². The van der Waals surface area contributed by atoms with Crippen LogP contribution in [0.15, 0.2) is 12.4 Å². The van der Waals surface area contributed by atoms with Gasteiger partial charge in [-0.15, -0.1) is 0 Å². The molecule has 104 valence electrons. The summed E-state index contributed by atoms with van der Waals surface area (Å²) in [6.07, 6.45) is 4.91. The molecule has 6 nitrogen and oxygen atoms in total. The first kappa shape index (κ1) is 13.7. The molecule has 1 N–H and O–H groups in total. The molecule has 1 aliphatic rings. The van der Waals surface area contributed by atoms with Gasteiger partial charge in [0.25, 0.3) is 0 Å². The van der Waals surface area contributed by atoms with Gasteiger partial charge in [-0.1, -0.05) is 6.92 Å². The number of rotatable bonds is 5. The zero-order chi connectivity index (χ0) is 13.7. The maximum Gasteiger partial charge on any atom is 0.304 e. The molecule has 0 saturated carbocycles. The first-order valence-corrected chi connectivity index (χ1v) is 6.69. The van der Waals surface area contributed by atoms with Crippen molar-refractivity contribution >= 4 is 11.9 Å². The molecule has 0 aromatic carbocycles. The first-order valence-electron chi connectivity index (χ1n) is 6.69. The highest BCUT2D eigenvalue weighted by molar-refractivity contribution is 5.66. The van der Waals surface area contributed by atoms with Gasteiger partial charge in [0.15, 0.2) is 0 Å². The minimum absolute atomic E-state index is 0.210. The Morgan fingerprint density at radius 2 is 1.89 bits per heavy atom. The molecule has 19 heavy (non-hydrogen) atoms. The summed E-state index contributed by atoms with van der Waals surface area (Å²) in [6, 6.07) is 0. The van der Waals surface area contributed by atoms with E-state index in [0.29, 0.717) is 6.54 Å². The zero-order valence-electron chi connectivity index (χ0n) is 11.2. The number of hydrogen-bond donors (Lipinski definition) is 1. The Kier molecular flexibility index (Phi) is 4.68. The van der Waals surface area contributed by atoms with Crippen LogP contribution in [0.5, 0.6) is 0 Å². The van der Waals surface area contributed by atoms with E-state index in [0.717, 1.165) is 44.1 Å². The number of carboxylic acid groups (broad SMARTS) is 1. The smallest absolute Gasteiger partial charge is 0.304 e. The predicted octanol–water partition coefficient (Wildman–Crippen LogP) is 0.636. The standard InChI is InChI=1S/C13H20N4O2/c1-2-11-9-14-13(15-10-11)17-7-5-16(6-8-17)4-3-12(18)19/h9-10H,2-8H2,1H3,(H,18,19). The Balaban J connectivity index is 1.83. The van der Waals surface area contributed by atoms with Crippen LogP contribution < -0.4 is 4.90 Å². The molecule has 0 amide bonds. The van der Waals surface area contributed by atoms with E-state index in [1.807, 2.05) is 12.4 Å². The average molecular weight is 264 g/mol. The number of nitrogens with zero attached hydrogens (tertiary/aromatic N) is 4. The van der Waals surface area contributed by atoms with Gasteiger partial charge >= 0.3 is 5.97 Å². The van der Waals surface area contributed by atoms with Crippen molar-refractivity contribution in [2.75, 3.05) is 37.6 Å². The minimum Gasteiger partial charge on any atom is -0.481 e. The topological polar surface area (TPSA) is 69.6 Å². The van der Waals surface area contributed by atoms with E-state index < -0.39 is 5.97 Å². The Morgan fingerprint density at radius 1 is 1.26 bits per heavy atom. The van der Waals surface area contributed by atoms with Crippen LogP contribution >= 0.6 is 0 Å². The molecule has 0 radical (unpaired) electrons. The predicted molar refractivity (Wildman–Crippen MR) is 72.3 cm³/mol. The van der Waals surface area contributed by atoms with Crippen molar-refractivity contribution in [1.82, 2.24) is 14.9 Å². The maximum absolute atomic E-state index is 10.5. The molecule has 2 rings (SSSR count). The minimum atomic E-state index is -0.735. The number of carbonyl (C=O) groups is 1. The Morgan fingerprint density at radius 3 is 2.42 bits per heavy atom. The SMILES string of the molecule is CCc1cnc(N2CCN(CCC(=O)O)CC2)nc1. The lowest BCUT2D eigenvalue weighted by atomic mass is 10.3. The van der Waals surface area contributed by atoms with Gasteiger partial charge in [0.1, 0.15) is 0 Å². The molecule has 1 aromatic rings. The maximum atomic E-state index is 10.5. The highest BCUT2D eigenvalue weighted by Crippen LogP contribution is 2.11. The number of anilines is 1. The molecule has 0 spiro atoms. The van der Waals surface area contributed by atoms with Crippen LogP contribution in [0.25, 0.3) is 0 Å². The van der Waals surface area contributed by atoms with Crippen LogP contribution in [0.4, 0.5) is 5.95 Å². The summed E-state index contributed by atoms with van der Waals surface area (Å²) in [7, 11) is 0. The van der Waals surface area contributed by atoms with Crippen LogP contribution in [0.1, 0.15) is 18.9 Å². The Hall–Kier alpha value is -1.69. The fourth-order valence-electron chi connectivity index (χ4n) is 2.12. The van der Waals surface area contributed by atoms with Crippen LogP contribution in [-0.4, -0.2) is 58.7 Å². The number of piperazine rings is 1. The van der Waals surface area contributed by atoms with Crippen LogP contribution in [-0.2, 0) is 11.2 Å². The summed E-state index contributed by atoms with van der Waals surface area (Å²) >= 11 is 0. The lowest BCUT2D eigenvalue weighted by Crippen LogP contribution is -2.47. The van der Waals surface area contributed by atoms with Gasteiger partial charge in [-0.3, -0.25) is 9.69 Å². The number of carboxylic acids is 1. The number of aliphatic carboxylic acids is 1. The lowest BCUT2D eigenvalue weighted by Gasteiger charge is -2.34. The normalized spacial score (nSPS) is 16.6.